The maximum Gasteiger partial charge on any atom is 0.303 e. The number of aliphatic hydroxyl groups is 2. The summed E-state index contributed by atoms with van der Waals surface area (Å²) in [6.45, 7) is 0.134. The highest BCUT2D eigenvalue weighted by Gasteiger charge is 2.39. The van der Waals surface area contributed by atoms with Gasteiger partial charge in [0, 0.05) is 23.8 Å². The molecular formula is C22H32ClNO6. The number of oxime groups is 1. The van der Waals surface area contributed by atoms with Gasteiger partial charge in [-0.3, -0.25) is 4.79 Å². The first kappa shape index (κ1) is 24.4. The molecule has 1 aromatic carbocycles. The zero-order valence-corrected chi connectivity index (χ0v) is 17.9. The summed E-state index contributed by atoms with van der Waals surface area (Å²) >= 11 is 5.92. The van der Waals surface area contributed by atoms with Gasteiger partial charge in [-0.15, -0.1) is 0 Å². The van der Waals surface area contributed by atoms with Crippen molar-refractivity contribution in [2.45, 2.75) is 70.0 Å². The molecule has 168 valence electrons. The van der Waals surface area contributed by atoms with Crippen molar-refractivity contribution in [3.63, 3.8) is 0 Å². The third kappa shape index (κ3) is 8.13. The van der Waals surface area contributed by atoms with Crippen LogP contribution in [-0.2, 0) is 4.79 Å². The van der Waals surface area contributed by atoms with Gasteiger partial charge in [0.1, 0.15) is 12.4 Å². The molecule has 8 heteroatoms. The molecular weight excluding hydrogens is 410 g/mol. The minimum atomic E-state index is -0.775. The number of aliphatic hydroxyl groups excluding tert-OH is 2. The van der Waals surface area contributed by atoms with Gasteiger partial charge in [-0.05, 0) is 49.8 Å². The molecule has 0 heterocycles. The van der Waals surface area contributed by atoms with E-state index in [1.165, 1.54) is 0 Å². The Balaban J connectivity index is 1.77. The highest BCUT2D eigenvalue weighted by atomic mass is 35.5. The third-order valence-electron chi connectivity index (χ3n) is 5.71. The van der Waals surface area contributed by atoms with Gasteiger partial charge in [-0.25, -0.2) is 0 Å². The van der Waals surface area contributed by atoms with Crippen molar-refractivity contribution >= 4 is 23.3 Å². The average Bonchev–Trinajstić information content (AvgIpc) is 3.02. The molecule has 0 aliphatic heterocycles. The fourth-order valence-electron chi connectivity index (χ4n) is 4.14. The molecule has 0 spiro atoms. The summed E-state index contributed by atoms with van der Waals surface area (Å²) in [4.78, 5) is 10.6. The molecule has 30 heavy (non-hydrogen) atoms. The molecule has 1 aromatic rings. The highest BCUT2D eigenvalue weighted by molar-refractivity contribution is 6.30. The van der Waals surface area contributed by atoms with E-state index in [0.717, 1.165) is 25.7 Å². The fourth-order valence-corrected chi connectivity index (χ4v) is 4.32. The van der Waals surface area contributed by atoms with E-state index in [2.05, 4.69) is 5.16 Å². The van der Waals surface area contributed by atoms with E-state index in [-0.39, 0.29) is 24.9 Å². The Hall–Kier alpha value is -1.83. The molecule has 7 nitrogen and oxygen atoms in total. The maximum atomic E-state index is 10.6. The molecule has 4 atom stereocenters. The number of hydrogen-bond acceptors (Lipinski definition) is 6. The molecule has 2 rings (SSSR count). The van der Waals surface area contributed by atoms with Crippen LogP contribution in [0.2, 0.25) is 5.02 Å². The van der Waals surface area contributed by atoms with E-state index in [4.69, 9.17) is 21.4 Å². The lowest BCUT2D eigenvalue weighted by Gasteiger charge is -2.23. The molecule has 1 saturated carbocycles. The van der Waals surface area contributed by atoms with Crippen molar-refractivity contribution in [1.29, 1.82) is 0 Å². The Bertz CT molecular complexity index is 698. The van der Waals surface area contributed by atoms with E-state index in [1.54, 1.807) is 24.3 Å². The molecule has 1 aliphatic carbocycles. The quantitative estimate of drug-likeness (QED) is 0.208. The molecule has 0 bridgehead atoms. The predicted molar refractivity (Wildman–Crippen MR) is 114 cm³/mol. The van der Waals surface area contributed by atoms with E-state index in [0.29, 0.717) is 42.2 Å². The first-order valence-electron chi connectivity index (χ1n) is 10.6. The Kier molecular flexibility index (Phi) is 10.4. The SMILES string of the molecule is O=C(O)CCCCCC[C@@H]1C(CC[C@@H](O)COc2cccc(Cl)c2)/C(=N\O)C[C@@H]1O. The lowest BCUT2D eigenvalue weighted by Crippen LogP contribution is -2.24. The Morgan fingerprint density at radius 2 is 2.00 bits per heavy atom. The van der Waals surface area contributed by atoms with Crippen molar-refractivity contribution in [2.24, 2.45) is 17.0 Å². The van der Waals surface area contributed by atoms with Gasteiger partial charge < -0.3 is 25.3 Å². The number of carbonyl (C=O) groups is 1. The standard InChI is InChI=1S/C22H32ClNO6/c23-15-6-5-7-17(12-15)30-14-16(25)10-11-18-19(21(26)13-20(18)24-29)8-3-1-2-4-9-22(27)28/h5-7,12,16,18-19,21,25-26,29H,1-4,8-11,13-14H2,(H,27,28)/b24-20-/t16-,18?,19-,21+/m1/s1. The summed E-state index contributed by atoms with van der Waals surface area (Å²) in [5.41, 5.74) is 0.585. The maximum absolute atomic E-state index is 10.6. The van der Waals surface area contributed by atoms with Crippen LogP contribution >= 0.6 is 11.6 Å². The molecule has 4 N–H and O–H groups in total. The summed E-state index contributed by atoms with van der Waals surface area (Å²) in [6, 6.07) is 6.98. The number of ether oxygens (including phenoxy) is 1. The minimum Gasteiger partial charge on any atom is -0.491 e. The van der Waals surface area contributed by atoms with Crippen LogP contribution in [-0.4, -0.2) is 51.0 Å². The van der Waals surface area contributed by atoms with E-state index < -0.39 is 18.2 Å². The number of nitrogens with zero attached hydrogens (tertiary/aromatic N) is 1. The number of hydrogen-bond donors (Lipinski definition) is 4. The van der Waals surface area contributed by atoms with Gasteiger partial charge in [0.2, 0.25) is 0 Å². The number of rotatable bonds is 13. The van der Waals surface area contributed by atoms with Crippen LogP contribution in [0.25, 0.3) is 0 Å². The van der Waals surface area contributed by atoms with E-state index in [9.17, 15) is 20.2 Å². The number of aliphatic carboxylic acids is 1. The van der Waals surface area contributed by atoms with Crippen LogP contribution in [0.4, 0.5) is 0 Å². The topological polar surface area (TPSA) is 120 Å². The van der Waals surface area contributed by atoms with Gasteiger partial charge >= 0.3 is 5.97 Å². The second kappa shape index (κ2) is 12.8. The van der Waals surface area contributed by atoms with Gasteiger partial charge in [0.05, 0.1) is 17.9 Å². The second-order valence-corrected chi connectivity index (χ2v) is 8.42. The Labute approximate surface area is 182 Å². The van der Waals surface area contributed by atoms with Crippen molar-refractivity contribution in [3.05, 3.63) is 29.3 Å². The van der Waals surface area contributed by atoms with E-state index >= 15 is 0 Å². The van der Waals surface area contributed by atoms with Gasteiger partial charge in [0.15, 0.2) is 0 Å². The number of benzene rings is 1. The smallest absolute Gasteiger partial charge is 0.303 e. The fraction of sp³-hybridized carbons (Fsp3) is 0.636. The number of halogens is 1. The van der Waals surface area contributed by atoms with Crippen LogP contribution in [0.15, 0.2) is 29.4 Å². The zero-order valence-electron chi connectivity index (χ0n) is 17.1. The summed E-state index contributed by atoms with van der Waals surface area (Å²) in [5.74, 6) is -0.277. The minimum absolute atomic E-state index is 0.0172. The van der Waals surface area contributed by atoms with E-state index in [1.807, 2.05) is 0 Å². The summed E-state index contributed by atoms with van der Waals surface area (Å²) in [5, 5.41) is 42.7. The third-order valence-corrected chi connectivity index (χ3v) is 5.95. The first-order chi connectivity index (χ1) is 14.4. The molecule has 1 unspecified atom stereocenters. The van der Waals surface area contributed by atoms with Crippen molar-refractivity contribution in [1.82, 2.24) is 0 Å². The normalized spacial score (nSPS) is 23.6. The van der Waals surface area contributed by atoms with Crippen molar-refractivity contribution in [3.8, 4) is 5.75 Å². The van der Waals surface area contributed by atoms with Crippen LogP contribution in [0.1, 0.15) is 57.8 Å². The van der Waals surface area contributed by atoms with Crippen LogP contribution in [0.3, 0.4) is 0 Å². The first-order valence-corrected chi connectivity index (χ1v) is 11.0. The predicted octanol–water partition coefficient (Wildman–Crippen LogP) is 4.11. The van der Waals surface area contributed by atoms with Crippen molar-refractivity contribution in [2.75, 3.05) is 6.61 Å². The van der Waals surface area contributed by atoms with Gasteiger partial charge in [-0.1, -0.05) is 42.1 Å². The van der Waals surface area contributed by atoms with Crippen LogP contribution in [0, 0.1) is 11.8 Å². The molecule has 0 aromatic heterocycles. The largest absolute Gasteiger partial charge is 0.491 e. The van der Waals surface area contributed by atoms with Gasteiger partial charge in [0.25, 0.3) is 0 Å². The highest BCUT2D eigenvalue weighted by Crippen LogP contribution is 2.37. The summed E-state index contributed by atoms with van der Waals surface area (Å²) < 4.78 is 5.58. The van der Waals surface area contributed by atoms with Gasteiger partial charge in [-0.2, -0.15) is 0 Å². The number of carboxylic acids is 1. The molecule has 1 aliphatic rings. The van der Waals surface area contributed by atoms with Crippen molar-refractivity contribution < 1.29 is 30.1 Å². The Morgan fingerprint density at radius 1 is 1.23 bits per heavy atom. The summed E-state index contributed by atoms with van der Waals surface area (Å²) in [6.07, 6.45) is 4.44. The second-order valence-electron chi connectivity index (χ2n) is 7.98. The molecule has 0 saturated heterocycles. The lowest BCUT2D eigenvalue weighted by molar-refractivity contribution is -0.137. The van der Waals surface area contributed by atoms with Crippen LogP contribution < -0.4 is 4.74 Å². The molecule has 0 radical (unpaired) electrons. The number of unbranched alkanes of at least 4 members (excludes halogenated alkanes) is 3. The number of carboxylic acid groups (broad SMARTS) is 1. The molecule has 1 fully saturated rings. The monoisotopic (exact) mass is 441 g/mol. The lowest BCUT2D eigenvalue weighted by atomic mass is 9.85. The average molecular weight is 442 g/mol. The summed E-state index contributed by atoms with van der Waals surface area (Å²) in [7, 11) is 0. The zero-order chi connectivity index (χ0) is 21.9. The molecule has 0 amide bonds. The Morgan fingerprint density at radius 3 is 2.70 bits per heavy atom. The van der Waals surface area contributed by atoms with Crippen LogP contribution in [0.5, 0.6) is 5.75 Å².